The molecule has 5 nitrogen and oxygen atoms in total. The Morgan fingerprint density at radius 1 is 1.24 bits per heavy atom. The zero-order chi connectivity index (χ0) is 17.8. The molecule has 0 atom stereocenters. The van der Waals surface area contributed by atoms with Gasteiger partial charge in [0.2, 0.25) is 11.6 Å². The lowest BCUT2D eigenvalue weighted by Crippen LogP contribution is -2.49. The van der Waals surface area contributed by atoms with Gasteiger partial charge in [-0.3, -0.25) is 9.63 Å². The van der Waals surface area contributed by atoms with Crippen LogP contribution in [0.4, 0.5) is 5.69 Å². The van der Waals surface area contributed by atoms with E-state index in [-0.39, 0.29) is 5.91 Å². The molecule has 0 spiro atoms. The van der Waals surface area contributed by atoms with Gasteiger partial charge in [0.05, 0.1) is 11.1 Å². The maximum absolute atomic E-state index is 12.2. The highest BCUT2D eigenvalue weighted by Gasteiger charge is 2.25. The van der Waals surface area contributed by atoms with Crippen molar-refractivity contribution in [3.63, 3.8) is 0 Å². The number of piperazine rings is 1. The Morgan fingerprint density at radius 3 is 2.64 bits per heavy atom. The van der Waals surface area contributed by atoms with Gasteiger partial charge >= 0.3 is 0 Å². The first kappa shape index (κ1) is 17.3. The minimum atomic E-state index is 0.118. The second-order valence-corrected chi connectivity index (χ2v) is 6.29. The molecule has 1 saturated heterocycles. The van der Waals surface area contributed by atoms with Gasteiger partial charge < -0.3 is 9.80 Å². The Hall–Kier alpha value is -2.56. The predicted octanol–water partition coefficient (Wildman–Crippen LogP) is 2.11. The number of amides is 1. The fraction of sp³-hybridized carbons (Fsp3) is 0.400. The number of aryl methyl sites for hydroxylation is 1. The summed E-state index contributed by atoms with van der Waals surface area (Å²) in [5.41, 5.74) is 3.32. The summed E-state index contributed by atoms with van der Waals surface area (Å²) in [6, 6.07) is 10.4. The molecule has 2 heterocycles. The van der Waals surface area contributed by atoms with Crippen LogP contribution in [0.15, 0.2) is 42.5 Å². The number of pyridine rings is 1. The van der Waals surface area contributed by atoms with E-state index in [9.17, 15) is 4.79 Å². The van der Waals surface area contributed by atoms with E-state index >= 15 is 0 Å². The van der Waals surface area contributed by atoms with Crippen molar-refractivity contribution in [3.8, 4) is 0 Å². The molecule has 132 valence electrons. The number of hydrogen-bond donors (Lipinski definition) is 0. The molecule has 25 heavy (non-hydrogen) atoms. The van der Waals surface area contributed by atoms with Gasteiger partial charge in [0.25, 0.3) is 5.52 Å². The Balaban J connectivity index is 1.85. The van der Waals surface area contributed by atoms with Crippen molar-refractivity contribution in [1.82, 2.24) is 4.90 Å². The summed E-state index contributed by atoms with van der Waals surface area (Å²) >= 11 is 0. The highest BCUT2D eigenvalue weighted by atomic mass is 16.6. The second kappa shape index (κ2) is 7.55. The molecule has 0 aliphatic carbocycles. The maximum atomic E-state index is 12.2. The molecule has 1 amide bonds. The highest BCUT2D eigenvalue weighted by Crippen LogP contribution is 2.26. The van der Waals surface area contributed by atoms with Crippen LogP contribution < -0.4 is 14.5 Å². The van der Waals surface area contributed by atoms with Gasteiger partial charge in [0, 0.05) is 50.0 Å². The molecular formula is C20H26N3O2+. The molecule has 1 aromatic carbocycles. The molecule has 0 saturated carbocycles. The van der Waals surface area contributed by atoms with Crippen LogP contribution in [0.2, 0.25) is 0 Å². The number of nitrogens with zero attached hydrogens (tertiary/aromatic N) is 3. The number of hydrogen-bond acceptors (Lipinski definition) is 3. The minimum Gasteiger partial charge on any atom is -0.367 e. The fourth-order valence-corrected chi connectivity index (χ4v) is 3.39. The van der Waals surface area contributed by atoms with E-state index in [4.69, 9.17) is 4.84 Å². The van der Waals surface area contributed by atoms with E-state index in [1.165, 1.54) is 11.1 Å². The van der Waals surface area contributed by atoms with E-state index in [0.717, 1.165) is 43.8 Å². The van der Waals surface area contributed by atoms with E-state index in [2.05, 4.69) is 36.1 Å². The third-order valence-corrected chi connectivity index (χ3v) is 4.68. The topological polar surface area (TPSA) is 36.7 Å². The van der Waals surface area contributed by atoms with Gasteiger partial charge in [-0.15, -0.1) is 0 Å². The Morgan fingerprint density at radius 2 is 1.96 bits per heavy atom. The Labute approximate surface area is 149 Å². The molecule has 1 fully saturated rings. The fourth-order valence-electron chi connectivity index (χ4n) is 3.39. The van der Waals surface area contributed by atoms with Crippen LogP contribution in [0.5, 0.6) is 0 Å². The summed E-state index contributed by atoms with van der Waals surface area (Å²) in [4.78, 5) is 22.0. The van der Waals surface area contributed by atoms with Crippen molar-refractivity contribution in [2.75, 3.05) is 38.2 Å². The Bertz CT molecular complexity index is 793. The summed E-state index contributed by atoms with van der Waals surface area (Å²) in [5.74, 6) is 0.118. The smallest absolute Gasteiger partial charge is 0.267 e. The SMILES string of the molecule is CC/C=C/C(=O)N1CCN(c2cc(C)[n+](OC)c3ccccc23)CC1. The number of allylic oxidation sites excluding steroid dienone is 1. The summed E-state index contributed by atoms with van der Waals surface area (Å²) in [5, 5.41) is 1.17. The molecule has 1 aliphatic rings. The molecule has 1 aliphatic heterocycles. The summed E-state index contributed by atoms with van der Waals surface area (Å²) in [7, 11) is 1.69. The molecule has 0 unspecified atom stereocenters. The number of fused-ring (bicyclic) bond motifs is 1. The normalized spacial score (nSPS) is 15.2. The van der Waals surface area contributed by atoms with Crippen LogP contribution in [0.3, 0.4) is 0 Å². The van der Waals surface area contributed by atoms with Gasteiger partial charge in [-0.2, -0.15) is 0 Å². The van der Waals surface area contributed by atoms with E-state index in [1.54, 1.807) is 13.2 Å². The number of aromatic nitrogens is 1. The summed E-state index contributed by atoms with van der Waals surface area (Å²) in [6.45, 7) is 7.27. The third-order valence-electron chi connectivity index (χ3n) is 4.68. The van der Waals surface area contributed by atoms with Crippen LogP contribution in [0.1, 0.15) is 19.0 Å². The monoisotopic (exact) mass is 340 g/mol. The molecule has 3 rings (SSSR count). The number of benzene rings is 1. The van der Waals surface area contributed by atoms with E-state index < -0.39 is 0 Å². The largest absolute Gasteiger partial charge is 0.367 e. The first-order chi connectivity index (χ1) is 12.2. The summed E-state index contributed by atoms with van der Waals surface area (Å²) < 4.78 is 1.86. The molecule has 5 heteroatoms. The molecule has 0 N–H and O–H groups in total. The number of carbonyl (C=O) groups is 1. The molecular weight excluding hydrogens is 314 g/mol. The van der Waals surface area contributed by atoms with Crippen molar-refractivity contribution >= 4 is 22.5 Å². The lowest BCUT2D eigenvalue weighted by atomic mass is 10.1. The van der Waals surface area contributed by atoms with Crippen LogP contribution >= 0.6 is 0 Å². The predicted molar refractivity (Wildman–Crippen MR) is 99.6 cm³/mol. The molecule has 2 aromatic rings. The molecule has 1 aromatic heterocycles. The highest BCUT2D eigenvalue weighted by molar-refractivity contribution is 5.90. The van der Waals surface area contributed by atoms with Crippen molar-refractivity contribution in [3.05, 3.63) is 48.2 Å². The van der Waals surface area contributed by atoms with Gasteiger partial charge in [-0.1, -0.05) is 25.1 Å². The van der Waals surface area contributed by atoms with Gasteiger partial charge in [-0.25, -0.2) is 0 Å². The van der Waals surface area contributed by atoms with Gasteiger partial charge in [0.1, 0.15) is 7.11 Å². The quantitative estimate of drug-likeness (QED) is 0.632. The molecule has 0 radical (unpaired) electrons. The number of para-hydroxylation sites is 1. The van der Waals surface area contributed by atoms with Gasteiger partial charge in [0.15, 0.2) is 0 Å². The average Bonchev–Trinajstić information content (AvgIpc) is 2.65. The van der Waals surface area contributed by atoms with Crippen molar-refractivity contribution < 1.29 is 14.4 Å². The van der Waals surface area contributed by atoms with Crippen molar-refractivity contribution in [1.29, 1.82) is 0 Å². The zero-order valence-electron chi connectivity index (χ0n) is 15.2. The average molecular weight is 340 g/mol. The summed E-state index contributed by atoms with van der Waals surface area (Å²) in [6.07, 6.45) is 4.51. The number of rotatable bonds is 4. The first-order valence-electron chi connectivity index (χ1n) is 8.85. The second-order valence-electron chi connectivity index (χ2n) is 6.29. The van der Waals surface area contributed by atoms with Gasteiger partial charge in [-0.05, 0) is 18.6 Å². The number of carbonyl (C=O) groups excluding carboxylic acids is 1. The van der Waals surface area contributed by atoms with Crippen molar-refractivity contribution in [2.24, 2.45) is 0 Å². The van der Waals surface area contributed by atoms with Crippen LogP contribution in [0, 0.1) is 6.92 Å². The van der Waals surface area contributed by atoms with Crippen LogP contribution in [-0.2, 0) is 4.79 Å². The third kappa shape index (κ3) is 3.45. The lowest BCUT2D eigenvalue weighted by Gasteiger charge is -2.36. The lowest BCUT2D eigenvalue weighted by molar-refractivity contribution is -0.869. The Kier molecular flexibility index (Phi) is 5.22. The van der Waals surface area contributed by atoms with E-state index in [0.29, 0.717) is 0 Å². The molecule has 0 bridgehead atoms. The maximum Gasteiger partial charge on any atom is 0.267 e. The standard InChI is InChI=1S/C20H26N3O2/c1-4-5-10-20(24)22-13-11-21(12-14-22)19-15-16(2)23(25-3)18-9-7-6-8-17(18)19/h5-10,15H,4,11-14H2,1-3H3/q+1/b10-5+. The number of anilines is 1. The van der Waals surface area contributed by atoms with Crippen LogP contribution in [0.25, 0.3) is 10.9 Å². The first-order valence-corrected chi connectivity index (χ1v) is 8.85. The zero-order valence-corrected chi connectivity index (χ0v) is 15.2. The van der Waals surface area contributed by atoms with E-state index in [1.807, 2.05) is 28.7 Å². The minimum absolute atomic E-state index is 0.118. The van der Waals surface area contributed by atoms with Crippen molar-refractivity contribution in [2.45, 2.75) is 20.3 Å². The van der Waals surface area contributed by atoms with Crippen LogP contribution in [-0.4, -0.2) is 44.1 Å².